The van der Waals surface area contributed by atoms with Crippen LogP contribution >= 0.6 is 0 Å². The largest absolute Gasteiger partial charge is 0.480 e. The molecule has 1 rings (SSSR count). The van der Waals surface area contributed by atoms with Crippen LogP contribution in [0.4, 0.5) is 0 Å². The van der Waals surface area contributed by atoms with Crippen molar-refractivity contribution < 1.29 is 9.90 Å². The lowest BCUT2D eigenvalue weighted by molar-refractivity contribution is -0.142. The van der Waals surface area contributed by atoms with Crippen LogP contribution in [0.25, 0.3) is 0 Å². The minimum atomic E-state index is -1.07. The number of nitrogens with zero attached hydrogens (tertiary/aromatic N) is 2. The van der Waals surface area contributed by atoms with E-state index in [0.29, 0.717) is 6.42 Å². The van der Waals surface area contributed by atoms with Crippen LogP contribution in [0.3, 0.4) is 0 Å². The first-order valence-electron chi connectivity index (χ1n) is 6.92. The number of hydrogen-bond acceptors (Lipinski definition) is 4. The van der Waals surface area contributed by atoms with Crippen LogP contribution < -0.4 is 5.73 Å². The van der Waals surface area contributed by atoms with E-state index in [-0.39, 0.29) is 0 Å². The lowest BCUT2D eigenvalue weighted by Crippen LogP contribution is -2.46. The fourth-order valence-corrected chi connectivity index (χ4v) is 2.26. The summed E-state index contributed by atoms with van der Waals surface area (Å²) in [6.45, 7) is 10.6. The summed E-state index contributed by atoms with van der Waals surface area (Å²) in [6, 6.07) is 0. The molecular weight excluding hydrogens is 230 g/mol. The van der Waals surface area contributed by atoms with Gasteiger partial charge in [-0.25, -0.2) is 0 Å². The molecule has 0 aromatic carbocycles. The molecule has 106 valence electrons. The summed E-state index contributed by atoms with van der Waals surface area (Å²) >= 11 is 0. The Morgan fingerprint density at radius 2 is 1.78 bits per heavy atom. The second-order valence-electron chi connectivity index (χ2n) is 5.46. The van der Waals surface area contributed by atoms with Crippen molar-refractivity contribution >= 4 is 5.97 Å². The number of nitrogens with two attached hydrogens (primary N) is 1. The number of unbranched alkanes of at least 4 members (excludes halogenated alkanes) is 1. The van der Waals surface area contributed by atoms with Crippen LogP contribution in [0.1, 0.15) is 33.1 Å². The Morgan fingerprint density at radius 1 is 1.22 bits per heavy atom. The summed E-state index contributed by atoms with van der Waals surface area (Å²) < 4.78 is 0. The number of aliphatic carboxylic acids is 1. The van der Waals surface area contributed by atoms with Gasteiger partial charge >= 0.3 is 5.97 Å². The number of carbonyl (C=O) groups is 1. The van der Waals surface area contributed by atoms with Crippen molar-refractivity contribution in [3.8, 4) is 0 Å². The highest BCUT2D eigenvalue weighted by atomic mass is 16.4. The van der Waals surface area contributed by atoms with Crippen molar-refractivity contribution in [2.24, 2.45) is 5.73 Å². The Labute approximate surface area is 110 Å². The maximum atomic E-state index is 10.8. The normalized spacial score (nSPS) is 21.7. The monoisotopic (exact) mass is 257 g/mol. The second-order valence-corrected chi connectivity index (χ2v) is 5.46. The number of carboxylic acid groups (broad SMARTS) is 1. The molecule has 1 unspecified atom stereocenters. The van der Waals surface area contributed by atoms with E-state index in [4.69, 9.17) is 10.8 Å². The van der Waals surface area contributed by atoms with Gasteiger partial charge in [0.1, 0.15) is 5.54 Å². The molecule has 3 N–H and O–H groups in total. The molecule has 1 saturated heterocycles. The number of rotatable bonds is 7. The van der Waals surface area contributed by atoms with Gasteiger partial charge in [0.25, 0.3) is 0 Å². The molecule has 0 aromatic rings. The highest BCUT2D eigenvalue weighted by Crippen LogP contribution is 2.12. The number of carboxylic acids is 1. The fraction of sp³-hybridized carbons (Fsp3) is 0.923. The number of piperazine rings is 1. The van der Waals surface area contributed by atoms with Crippen LogP contribution in [-0.4, -0.2) is 65.7 Å². The van der Waals surface area contributed by atoms with Crippen molar-refractivity contribution in [2.75, 3.05) is 39.3 Å². The maximum Gasteiger partial charge on any atom is 0.323 e. The van der Waals surface area contributed by atoms with E-state index in [9.17, 15) is 4.79 Å². The van der Waals surface area contributed by atoms with E-state index in [0.717, 1.165) is 52.1 Å². The van der Waals surface area contributed by atoms with Gasteiger partial charge in [0.2, 0.25) is 0 Å². The van der Waals surface area contributed by atoms with Crippen LogP contribution in [-0.2, 0) is 4.79 Å². The molecule has 1 heterocycles. The summed E-state index contributed by atoms with van der Waals surface area (Å²) in [5.41, 5.74) is 4.63. The summed E-state index contributed by atoms with van der Waals surface area (Å²) in [4.78, 5) is 15.8. The Kier molecular flexibility index (Phi) is 6.05. The van der Waals surface area contributed by atoms with E-state index in [1.165, 1.54) is 0 Å². The van der Waals surface area contributed by atoms with E-state index >= 15 is 0 Å². The zero-order chi connectivity index (χ0) is 13.6. The quantitative estimate of drug-likeness (QED) is 0.654. The molecule has 5 heteroatoms. The van der Waals surface area contributed by atoms with Gasteiger partial charge in [0.05, 0.1) is 0 Å². The number of likely N-dealkylation sites (N-methyl/N-ethyl adjacent to an activating group) is 1. The Balaban J connectivity index is 2.10. The Bertz CT molecular complexity index is 261. The average molecular weight is 257 g/mol. The molecule has 1 atom stereocenters. The second kappa shape index (κ2) is 7.07. The third kappa shape index (κ3) is 4.92. The number of hydrogen-bond donors (Lipinski definition) is 2. The van der Waals surface area contributed by atoms with Crippen molar-refractivity contribution in [2.45, 2.75) is 38.6 Å². The summed E-state index contributed by atoms with van der Waals surface area (Å²) in [6.07, 6.45) is 2.47. The predicted molar refractivity (Wildman–Crippen MR) is 72.6 cm³/mol. The first-order chi connectivity index (χ1) is 8.45. The van der Waals surface area contributed by atoms with Crippen molar-refractivity contribution in [1.29, 1.82) is 0 Å². The molecular formula is C13H27N3O2. The first-order valence-corrected chi connectivity index (χ1v) is 6.92. The van der Waals surface area contributed by atoms with Gasteiger partial charge < -0.3 is 20.6 Å². The molecule has 1 fully saturated rings. The molecule has 0 aliphatic carbocycles. The fourth-order valence-electron chi connectivity index (χ4n) is 2.26. The van der Waals surface area contributed by atoms with Crippen LogP contribution in [0.15, 0.2) is 0 Å². The topological polar surface area (TPSA) is 69.8 Å². The smallest absolute Gasteiger partial charge is 0.323 e. The van der Waals surface area contributed by atoms with E-state index in [2.05, 4.69) is 16.7 Å². The van der Waals surface area contributed by atoms with E-state index in [1.807, 2.05) is 0 Å². The SMILES string of the molecule is CCN1CCN(CCCCC(C)(N)C(=O)O)CC1. The molecule has 0 radical (unpaired) electrons. The Morgan fingerprint density at radius 3 is 2.28 bits per heavy atom. The molecule has 0 spiro atoms. The van der Waals surface area contributed by atoms with Crippen molar-refractivity contribution in [3.05, 3.63) is 0 Å². The highest BCUT2D eigenvalue weighted by molar-refractivity contribution is 5.77. The standard InChI is InChI=1S/C13H27N3O2/c1-3-15-8-10-16(11-9-15)7-5-4-6-13(2,14)12(17)18/h3-11,14H2,1-2H3,(H,17,18). The van der Waals surface area contributed by atoms with Gasteiger partial charge in [-0.15, -0.1) is 0 Å². The lowest BCUT2D eigenvalue weighted by atomic mass is 9.96. The van der Waals surface area contributed by atoms with E-state index in [1.54, 1.807) is 6.92 Å². The van der Waals surface area contributed by atoms with Crippen molar-refractivity contribution in [3.63, 3.8) is 0 Å². The molecule has 1 aliphatic heterocycles. The van der Waals surface area contributed by atoms with Crippen LogP contribution in [0.2, 0.25) is 0 Å². The van der Waals surface area contributed by atoms with Crippen LogP contribution in [0.5, 0.6) is 0 Å². The molecule has 0 amide bonds. The molecule has 0 saturated carbocycles. The average Bonchev–Trinajstić information content (AvgIpc) is 2.35. The molecule has 1 aliphatic rings. The molecule has 0 aromatic heterocycles. The minimum absolute atomic E-state index is 0.553. The van der Waals surface area contributed by atoms with Crippen molar-refractivity contribution in [1.82, 2.24) is 9.80 Å². The van der Waals surface area contributed by atoms with Gasteiger partial charge in [0.15, 0.2) is 0 Å². The maximum absolute atomic E-state index is 10.8. The Hall–Kier alpha value is -0.650. The van der Waals surface area contributed by atoms with Crippen LogP contribution in [0, 0.1) is 0 Å². The first kappa shape index (κ1) is 15.4. The molecule has 18 heavy (non-hydrogen) atoms. The van der Waals surface area contributed by atoms with E-state index < -0.39 is 11.5 Å². The summed E-state index contributed by atoms with van der Waals surface area (Å²) in [5, 5.41) is 8.90. The zero-order valence-corrected chi connectivity index (χ0v) is 11.7. The summed E-state index contributed by atoms with van der Waals surface area (Å²) in [5.74, 6) is -0.904. The lowest BCUT2D eigenvalue weighted by Gasteiger charge is -2.34. The van der Waals surface area contributed by atoms with Gasteiger partial charge in [0, 0.05) is 26.2 Å². The molecule has 5 nitrogen and oxygen atoms in total. The summed E-state index contributed by atoms with van der Waals surface area (Å²) in [7, 11) is 0. The van der Waals surface area contributed by atoms with Gasteiger partial charge in [-0.1, -0.05) is 6.92 Å². The van der Waals surface area contributed by atoms with Gasteiger partial charge in [-0.2, -0.15) is 0 Å². The minimum Gasteiger partial charge on any atom is -0.480 e. The van der Waals surface area contributed by atoms with Gasteiger partial charge in [-0.3, -0.25) is 4.79 Å². The highest BCUT2D eigenvalue weighted by Gasteiger charge is 2.26. The zero-order valence-electron chi connectivity index (χ0n) is 11.7. The third-order valence-corrected chi connectivity index (χ3v) is 3.82. The third-order valence-electron chi connectivity index (χ3n) is 3.82. The molecule has 0 bridgehead atoms. The predicted octanol–water partition coefficient (Wildman–Crippen LogP) is 0.596. The van der Waals surface area contributed by atoms with Gasteiger partial charge in [-0.05, 0) is 39.3 Å².